The Balaban J connectivity index is 1.92. The summed E-state index contributed by atoms with van der Waals surface area (Å²) in [6, 6.07) is 1.20. The number of anilines is 1. The van der Waals surface area contributed by atoms with Gasteiger partial charge in [-0.15, -0.1) is 0 Å². The van der Waals surface area contributed by atoms with E-state index in [0.717, 1.165) is 17.5 Å². The van der Waals surface area contributed by atoms with Crippen molar-refractivity contribution < 1.29 is 0 Å². The lowest BCUT2D eigenvalue weighted by Gasteiger charge is -2.35. The number of aromatic nitrogens is 2. The number of hydrogen-bond acceptors (Lipinski definition) is 5. The van der Waals surface area contributed by atoms with Gasteiger partial charge in [-0.05, 0) is 26.8 Å². The van der Waals surface area contributed by atoms with Gasteiger partial charge < -0.3 is 10.2 Å². The Hall–Kier alpha value is -0.680. The van der Waals surface area contributed by atoms with Crippen LogP contribution in [-0.2, 0) is 0 Å². The van der Waals surface area contributed by atoms with Crippen molar-refractivity contribution >= 4 is 16.7 Å². The first-order valence-corrected chi connectivity index (χ1v) is 7.14. The van der Waals surface area contributed by atoms with Crippen LogP contribution in [-0.4, -0.2) is 39.9 Å². The summed E-state index contributed by atoms with van der Waals surface area (Å²) in [5, 5.41) is 4.51. The van der Waals surface area contributed by atoms with E-state index in [1.54, 1.807) is 0 Å². The van der Waals surface area contributed by atoms with E-state index in [4.69, 9.17) is 0 Å². The van der Waals surface area contributed by atoms with Gasteiger partial charge in [-0.2, -0.15) is 4.37 Å². The van der Waals surface area contributed by atoms with Crippen molar-refractivity contribution in [3.8, 4) is 0 Å². The van der Waals surface area contributed by atoms with Crippen LogP contribution >= 0.6 is 11.5 Å². The van der Waals surface area contributed by atoms with Gasteiger partial charge in [-0.3, -0.25) is 0 Å². The lowest BCUT2D eigenvalue weighted by Crippen LogP contribution is -2.42. The molecule has 5 heteroatoms. The summed E-state index contributed by atoms with van der Waals surface area (Å²) in [7, 11) is 2.20. The first-order chi connectivity index (χ1) is 8.06. The maximum absolute atomic E-state index is 4.53. The van der Waals surface area contributed by atoms with Crippen LogP contribution in [0.25, 0.3) is 0 Å². The van der Waals surface area contributed by atoms with Gasteiger partial charge in [0.05, 0.1) is 0 Å². The van der Waals surface area contributed by atoms with Crippen molar-refractivity contribution in [3.05, 3.63) is 5.82 Å². The minimum Gasteiger partial charge on any atom is -0.357 e. The van der Waals surface area contributed by atoms with E-state index in [0.29, 0.717) is 18.0 Å². The SMILES string of the molecule is CC(C)c1nsc(NC2CCN(C)C(C)C2)n1. The fourth-order valence-corrected chi connectivity index (χ4v) is 2.91. The average molecular weight is 254 g/mol. The molecule has 4 nitrogen and oxygen atoms in total. The minimum atomic E-state index is 0.415. The highest BCUT2D eigenvalue weighted by atomic mass is 32.1. The van der Waals surface area contributed by atoms with Gasteiger partial charge in [-0.25, -0.2) is 4.98 Å². The molecule has 1 aromatic heterocycles. The zero-order valence-corrected chi connectivity index (χ0v) is 11.9. The Morgan fingerprint density at radius 2 is 2.24 bits per heavy atom. The first-order valence-electron chi connectivity index (χ1n) is 6.36. The van der Waals surface area contributed by atoms with Gasteiger partial charge in [0.25, 0.3) is 0 Å². The summed E-state index contributed by atoms with van der Waals surface area (Å²) >= 11 is 1.49. The topological polar surface area (TPSA) is 41.1 Å². The fourth-order valence-electron chi connectivity index (χ4n) is 2.12. The second-order valence-electron chi connectivity index (χ2n) is 5.31. The van der Waals surface area contributed by atoms with Crippen molar-refractivity contribution in [3.63, 3.8) is 0 Å². The highest BCUT2D eigenvalue weighted by Crippen LogP contribution is 2.22. The molecule has 0 saturated carbocycles. The van der Waals surface area contributed by atoms with Crippen LogP contribution in [0.4, 0.5) is 5.13 Å². The van der Waals surface area contributed by atoms with Crippen LogP contribution < -0.4 is 5.32 Å². The Labute approximate surface area is 108 Å². The molecule has 2 rings (SSSR count). The monoisotopic (exact) mass is 254 g/mol. The third kappa shape index (κ3) is 3.16. The zero-order chi connectivity index (χ0) is 12.4. The van der Waals surface area contributed by atoms with Crippen LogP contribution in [0.3, 0.4) is 0 Å². The molecule has 1 aromatic rings. The third-order valence-electron chi connectivity index (χ3n) is 3.49. The van der Waals surface area contributed by atoms with Crippen LogP contribution in [0.2, 0.25) is 0 Å². The van der Waals surface area contributed by atoms with Gasteiger partial charge in [-0.1, -0.05) is 13.8 Å². The molecule has 1 fully saturated rings. The number of piperidine rings is 1. The summed E-state index contributed by atoms with van der Waals surface area (Å²) in [6.07, 6.45) is 2.38. The highest BCUT2D eigenvalue weighted by molar-refractivity contribution is 7.09. The normalized spacial score (nSPS) is 26.4. The maximum Gasteiger partial charge on any atom is 0.202 e. The van der Waals surface area contributed by atoms with Crippen LogP contribution in [0.1, 0.15) is 45.4 Å². The molecule has 96 valence electrons. The molecule has 2 unspecified atom stereocenters. The Bertz CT molecular complexity index is 363. The molecule has 0 aromatic carbocycles. The fraction of sp³-hybridized carbons (Fsp3) is 0.833. The maximum atomic E-state index is 4.53. The third-order valence-corrected chi connectivity index (χ3v) is 4.15. The molecule has 2 heterocycles. The molecule has 17 heavy (non-hydrogen) atoms. The standard InChI is InChI=1S/C12H22N4S/c1-8(2)11-14-12(17-15-11)13-10-5-6-16(4)9(3)7-10/h8-10H,5-7H2,1-4H3,(H,13,14,15). The molecule has 0 amide bonds. The van der Waals surface area contributed by atoms with E-state index in [2.05, 4.69) is 47.4 Å². The van der Waals surface area contributed by atoms with Gasteiger partial charge in [0.15, 0.2) is 0 Å². The summed E-state index contributed by atoms with van der Waals surface area (Å²) in [4.78, 5) is 6.95. The molecule has 1 aliphatic rings. The van der Waals surface area contributed by atoms with Crippen LogP contribution in [0.5, 0.6) is 0 Å². The van der Waals surface area contributed by atoms with Gasteiger partial charge in [0.2, 0.25) is 5.13 Å². The summed E-state index contributed by atoms with van der Waals surface area (Å²) in [5.41, 5.74) is 0. The molecule has 1 N–H and O–H groups in total. The molecule has 1 aliphatic heterocycles. The molecule has 0 bridgehead atoms. The quantitative estimate of drug-likeness (QED) is 0.900. The van der Waals surface area contributed by atoms with E-state index in [1.807, 2.05) is 0 Å². The number of nitrogens with one attached hydrogen (secondary N) is 1. The zero-order valence-electron chi connectivity index (χ0n) is 11.1. The molecule has 0 aliphatic carbocycles. The van der Waals surface area contributed by atoms with Crippen molar-refractivity contribution in [2.45, 2.75) is 51.6 Å². The smallest absolute Gasteiger partial charge is 0.202 e. The first kappa shape index (κ1) is 12.8. The minimum absolute atomic E-state index is 0.415. The van der Waals surface area contributed by atoms with E-state index in [9.17, 15) is 0 Å². The number of rotatable bonds is 3. The van der Waals surface area contributed by atoms with Crippen molar-refractivity contribution in [1.29, 1.82) is 0 Å². The van der Waals surface area contributed by atoms with E-state index < -0.39 is 0 Å². The highest BCUT2D eigenvalue weighted by Gasteiger charge is 2.23. The lowest BCUT2D eigenvalue weighted by molar-refractivity contribution is 0.190. The molecule has 0 spiro atoms. The Kier molecular flexibility index (Phi) is 3.99. The Morgan fingerprint density at radius 3 is 2.82 bits per heavy atom. The molecular weight excluding hydrogens is 232 g/mol. The molecule has 1 saturated heterocycles. The lowest BCUT2D eigenvalue weighted by atomic mass is 9.99. The number of hydrogen-bond donors (Lipinski definition) is 1. The van der Waals surface area contributed by atoms with Crippen molar-refractivity contribution in [2.75, 3.05) is 18.9 Å². The molecule has 0 radical (unpaired) electrons. The second kappa shape index (κ2) is 5.31. The van der Waals surface area contributed by atoms with Crippen molar-refractivity contribution in [1.82, 2.24) is 14.3 Å². The van der Waals surface area contributed by atoms with E-state index in [-0.39, 0.29) is 0 Å². The number of likely N-dealkylation sites (tertiary alicyclic amines) is 1. The Morgan fingerprint density at radius 1 is 1.47 bits per heavy atom. The molecular formula is C12H22N4S. The van der Waals surface area contributed by atoms with Gasteiger partial charge >= 0.3 is 0 Å². The average Bonchev–Trinajstić information content (AvgIpc) is 2.72. The van der Waals surface area contributed by atoms with Gasteiger partial charge in [0, 0.05) is 36.1 Å². The molecule has 2 atom stereocenters. The van der Waals surface area contributed by atoms with Gasteiger partial charge in [0.1, 0.15) is 5.82 Å². The summed E-state index contributed by atoms with van der Waals surface area (Å²) in [5.74, 6) is 1.37. The summed E-state index contributed by atoms with van der Waals surface area (Å²) in [6.45, 7) is 7.70. The predicted octanol–water partition coefficient (Wildman–Crippen LogP) is 2.56. The van der Waals surface area contributed by atoms with Crippen LogP contribution in [0, 0.1) is 0 Å². The predicted molar refractivity (Wildman–Crippen MR) is 72.7 cm³/mol. The summed E-state index contributed by atoms with van der Waals surface area (Å²) < 4.78 is 4.37. The number of nitrogens with zero attached hydrogens (tertiary/aromatic N) is 3. The second-order valence-corrected chi connectivity index (χ2v) is 6.06. The van der Waals surface area contributed by atoms with E-state index >= 15 is 0 Å². The van der Waals surface area contributed by atoms with Crippen LogP contribution in [0.15, 0.2) is 0 Å². The van der Waals surface area contributed by atoms with E-state index in [1.165, 1.54) is 24.4 Å². The largest absolute Gasteiger partial charge is 0.357 e. The van der Waals surface area contributed by atoms with Crippen molar-refractivity contribution in [2.24, 2.45) is 0 Å².